The van der Waals surface area contributed by atoms with Crippen molar-refractivity contribution in [1.82, 2.24) is 0 Å². The van der Waals surface area contributed by atoms with Crippen LogP contribution in [0.15, 0.2) is 0 Å². The Labute approximate surface area is 145 Å². The van der Waals surface area contributed by atoms with Crippen LogP contribution in [0.4, 0.5) is 0 Å². The van der Waals surface area contributed by atoms with E-state index in [1.807, 2.05) is 0 Å². The summed E-state index contributed by atoms with van der Waals surface area (Å²) in [4.78, 5) is 10.4. The van der Waals surface area contributed by atoms with Crippen LogP contribution in [0.2, 0.25) is 0 Å². The molecule has 2 heteroatoms. The highest BCUT2D eigenvalue weighted by molar-refractivity contribution is 5.66. The van der Waals surface area contributed by atoms with Gasteiger partial charge >= 0.3 is 5.97 Å². The normalized spacial score (nSPS) is 12.7. The molecule has 1 unspecified atom stereocenters. The van der Waals surface area contributed by atoms with Gasteiger partial charge in [-0.2, -0.15) is 0 Å². The fourth-order valence-electron chi connectivity index (χ4n) is 3.20. The maximum atomic E-state index is 10.4. The monoisotopic (exact) mass is 326 g/mol. The van der Waals surface area contributed by atoms with E-state index < -0.39 is 5.97 Å². The van der Waals surface area contributed by atoms with Gasteiger partial charge in [-0.3, -0.25) is 4.79 Å². The highest BCUT2D eigenvalue weighted by Gasteiger charge is 2.03. The molecule has 0 aromatic carbocycles. The second-order valence-corrected chi connectivity index (χ2v) is 7.90. The lowest BCUT2D eigenvalue weighted by molar-refractivity contribution is -0.137. The van der Waals surface area contributed by atoms with Gasteiger partial charge in [-0.1, -0.05) is 104 Å². The predicted molar refractivity (Wildman–Crippen MR) is 101 cm³/mol. The summed E-state index contributed by atoms with van der Waals surface area (Å²) in [6.07, 6.45) is 18.7. The number of carboxylic acid groups (broad SMARTS) is 1. The minimum Gasteiger partial charge on any atom is -0.481 e. The third kappa shape index (κ3) is 19.4. The molecular weight excluding hydrogens is 284 g/mol. The molecule has 0 bridgehead atoms. The zero-order chi connectivity index (χ0) is 17.3. The molecule has 1 N–H and O–H groups in total. The Hall–Kier alpha value is -0.530. The molecule has 2 nitrogen and oxygen atoms in total. The average Bonchev–Trinajstić information content (AvgIpc) is 2.47. The van der Waals surface area contributed by atoms with Gasteiger partial charge in [-0.05, 0) is 18.3 Å². The fourth-order valence-corrected chi connectivity index (χ4v) is 3.20. The molecule has 0 rings (SSSR count). The van der Waals surface area contributed by atoms with Gasteiger partial charge in [0, 0.05) is 6.42 Å². The van der Waals surface area contributed by atoms with E-state index in [2.05, 4.69) is 20.8 Å². The second-order valence-electron chi connectivity index (χ2n) is 7.90. The molecule has 0 aliphatic rings. The molecule has 0 saturated heterocycles. The van der Waals surface area contributed by atoms with E-state index in [0.29, 0.717) is 6.42 Å². The summed E-state index contributed by atoms with van der Waals surface area (Å²) in [6.45, 7) is 7.06. The first-order valence-corrected chi connectivity index (χ1v) is 10.2. The lowest BCUT2D eigenvalue weighted by Gasteiger charge is -2.12. The summed E-state index contributed by atoms with van der Waals surface area (Å²) < 4.78 is 0. The number of rotatable bonds is 17. The number of aliphatic carboxylic acids is 1. The van der Waals surface area contributed by atoms with Gasteiger partial charge in [0.1, 0.15) is 0 Å². The quantitative estimate of drug-likeness (QED) is 0.287. The fraction of sp³-hybridized carbons (Fsp3) is 0.952. The Balaban J connectivity index is 3.14. The average molecular weight is 327 g/mol. The Morgan fingerprint density at radius 2 is 1.09 bits per heavy atom. The van der Waals surface area contributed by atoms with Gasteiger partial charge in [-0.25, -0.2) is 0 Å². The van der Waals surface area contributed by atoms with Crippen molar-refractivity contribution < 1.29 is 9.90 Å². The van der Waals surface area contributed by atoms with Crippen molar-refractivity contribution in [3.8, 4) is 0 Å². The molecule has 0 aliphatic carbocycles. The van der Waals surface area contributed by atoms with Crippen molar-refractivity contribution in [2.45, 2.75) is 117 Å². The summed E-state index contributed by atoms with van der Waals surface area (Å²) in [5.41, 5.74) is 0. The molecule has 0 spiro atoms. The molecule has 0 aromatic rings. The molecule has 0 amide bonds. The molecule has 138 valence electrons. The first-order chi connectivity index (χ1) is 11.0. The zero-order valence-electron chi connectivity index (χ0n) is 16.1. The van der Waals surface area contributed by atoms with Gasteiger partial charge in [0.15, 0.2) is 0 Å². The van der Waals surface area contributed by atoms with E-state index in [1.54, 1.807) is 0 Å². The van der Waals surface area contributed by atoms with E-state index in [9.17, 15) is 4.79 Å². The molecule has 0 heterocycles. The van der Waals surface area contributed by atoms with Crippen LogP contribution in [-0.4, -0.2) is 11.1 Å². The van der Waals surface area contributed by atoms with Gasteiger partial charge in [0.05, 0.1) is 0 Å². The van der Waals surface area contributed by atoms with Crippen molar-refractivity contribution in [2.24, 2.45) is 11.8 Å². The summed E-state index contributed by atoms with van der Waals surface area (Å²) in [5.74, 6) is 1.12. The number of unbranched alkanes of at least 4 members (excludes halogenated alkanes) is 9. The summed E-state index contributed by atoms with van der Waals surface area (Å²) >= 11 is 0. The third-order valence-corrected chi connectivity index (χ3v) is 4.82. The lowest BCUT2D eigenvalue weighted by atomic mass is 9.95. The van der Waals surface area contributed by atoms with Gasteiger partial charge in [0.2, 0.25) is 0 Å². The molecule has 23 heavy (non-hydrogen) atoms. The standard InChI is InChI=1S/C21H42O2/c1-19(2)15-14-17-20(3)16-12-10-8-6-4-5-7-9-11-13-18-21(22)23/h19-20H,4-18H2,1-3H3,(H,22,23). The van der Waals surface area contributed by atoms with Crippen molar-refractivity contribution in [3.63, 3.8) is 0 Å². The Morgan fingerprint density at radius 1 is 0.652 bits per heavy atom. The SMILES string of the molecule is CC(C)CCCC(C)CCCCCCCCCCCCC(=O)O. The molecule has 0 aromatic heterocycles. The molecule has 0 saturated carbocycles. The van der Waals surface area contributed by atoms with Gasteiger partial charge < -0.3 is 5.11 Å². The topological polar surface area (TPSA) is 37.3 Å². The van der Waals surface area contributed by atoms with Crippen molar-refractivity contribution in [1.29, 1.82) is 0 Å². The maximum Gasteiger partial charge on any atom is 0.303 e. The summed E-state index contributed by atoms with van der Waals surface area (Å²) in [6, 6.07) is 0. The van der Waals surface area contributed by atoms with Crippen LogP contribution in [0.5, 0.6) is 0 Å². The summed E-state index contributed by atoms with van der Waals surface area (Å²) in [7, 11) is 0. The minimum absolute atomic E-state index is 0.343. The summed E-state index contributed by atoms with van der Waals surface area (Å²) in [5, 5.41) is 8.56. The lowest BCUT2D eigenvalue weighted by Crippen LogP contribution is -1.97. The van der Waals surface area contributed by atoms with Gasteiger partial charge in [-0.15, -0.1) is 0 Å². The van der Waals surface area contributed by atoms with E-state index in [4.69, 9.17) is 5.11 Å². The highest BCUT2D eigenvalue weighted by Crippen LogP contribution is 2.19. The van der Waals surface area contributed by atoms with Gasteiger partial charge in [0.25, 0.3) is 0 Å². The molecule has 0 fully saturated rings. The Morgan fingerprint density at radius 3 is 1.57 bits per heavy atom. The number of carbonyl (C=O) groups is 1. The molecule has 0 aliphatic heterocycles. The minimum atomic E-state index is -0.653. The third-order valence-electron chi connectivity index (χ3n) is 4.82. The van der Waals surface area contributed by atoms with E-state index in [-0.39, 0.29) is 0 Å². The predicted octanol–water partition coefficient (Wildman–Crippen LogP) is 7.21. The first-order valence-electron chi connectivity index (χ1n) is 10.2. The van der Waals surface area contributed by atoms with Crippen LogP contribution in [0.25, 0.3) is 0 Å². The Bertz CT molecular complexity index is 261. The van der Waals surface area contributed by atoms with Crippen LogP contribution in [-0.2, 0) is 4.79 Å². The van der Waals surface area contributed by atoms with Crippen LogP contribution in [0.1, 0.15) is 117 Å². The number of hydrogen-bond donors (Lipinski definition) is 1. The zero-order valence-corrected chi connectivity index (χ0v) is 16.1. The molecule has 0 radical (unpaired) electrons. The Kier molecular flexibility index (Phi) is 16.0. The first kappa shape index (κ1) is 22.5. The van der Waals surface area contributed by atoms with Crippen molar-refractivity contribution >= 4 is 5.97 Å². The van der Waals surface area contributed by atoms with E-state index in [1.165, 1.54) is 77.0 Å². The number of carboxylic acids is 1. The van der Waals surface area contributed by atoms with Crippen LogP contribution >= 0.6 is 0 Å². The van der Waals surface area contributed by atoms with E-state index >= 15 is 0 Å². The maximum absolute atomic E-state index is 10.4. The van der Waals surface area contributed by atoms with Crippen LogP contribution < -0.4 is 0 Å². The smallest absolute Gasteiger partial charge is 0.303 e. The molecular formula is C21H42O2. The molecule has 1 atom stereocenters. The largest absolute Gasteiger partial charge is 0.481 e. The van der Waals surface area contributed by atoms with Crippen LogP contribution in [0.3, 0.4) is 0 Å². The highest BCUT2D eigenvalue weighted by atomic mass is 16.4. The van der Waals surface area contributed by atoms with Crippen LogP contribution in [0, 0.1) is 11.8 Å². The second kappa shape index (κ2) is 16.3. The van der Waals surface area contributed by atoms with Crippen molar-refractivity contribution in [2.75, 3.05) is 0 Å². The van der Waals surface area contributed by atoms with E-state index in [0.717, 1.165) is 24.7 Å². The number of hydrogen-bond acceptors (Lipinski definition) is 1. The van der Waals surface area contributed by atoms with Crippen molar-refractivity contribution in [3.05, 3.63) is 0 Å².